The number of fused-ring (bicyclic) bond motifs is 3. The standard InChI is InChI=1S/C31H23O5P/c32-24-15-9-21(10-16-24)31(22-11-17-25(33)18-12-22,23-13-19-26(34)20-14-23)37(35)30-8-4-2-6-28(30)27-5-1-3-7-29(27)36-37/h1-20,32-34H. The maximum atomic E-state index is 15.9. The highest BCUT2D eigenvalue weighted by molar-refractivity contribution is 7.69. The molecule has 0 bridgehead atoms. The van der Waals surface area contributed by atoms with E-state index >= 15 is 4.57 Å². The van der Waals surface area contributed by atoms with Gasteiger partial charge in [0.05, 0.1) is 5.30 Å². The topological polar surface area (TPSA) is 87.0 Å². The van der Waals surface area contributed by atoms with Crippen LogP contribution < -0.4 is 9.83 Å². The Hall–Kier alpha value is -4.47. The Morgan fingerprint density at radius 2 is 0.919 bits per heavy atom. The number of hydrogen-bond acceptors (Lipinski definition) is 5. The van der Waals surface area contributed by atoms with Crippen LogP contribution in [-0.2, 0) is 9.72 Å². The van der Waals surface area contributed by atoms with Crippen molar-refractivity contribution in [1.29, 1.82) is 0 Å². The van der Waals surface area contributed by atoms with Crippen LogP contribution in [0.3, 0.4) is 0 Å². The fraction of sp³-hybridized carbons (Fsp3) is 0.0323. The van der Waals surface area contributed by atoms with Crippen molar-refractivity contribution in [3.8, 4) is 34.1 Å². The first-order valence-corrected chi connectivity index (χ1v) is 13.4. The minimum atomic E-state index is -3.93. The molecule has 0 aliphatic carbocycles. The van der Waals surface area contributed by atoms with E-state index in [1.807, 2.05) is 48.5 Å². The highest BCUT2D eigenvalue weighted by atomic mass is 31.2. The van der Waals surface area contributed by atoms with Crippen LogP contribution in [0.4, 0.5) is 0 Å². The van der Waals surface area contributed by atoms with Crippen LogP contribution in [-0.4, -0.2) is 15.3 Å². The maximum absolute atomic E-state index is 15.9. The van der Waals surface area contributed by atoms with Gasteiger partial charge in [-0.1, -0.05) is 72.8 Å². The van der Waals surface area contributed by atoms with Gasteiger partial charge in [0.1, 0.15) is 28.2 Å². The summed E-state index contributed by atoms with van der Waals surface area (Å²) in [6.07, 6.45) is 0. The van der Waals surface area contributed by atoms with Crippen molar-refractivity contribution in [2.24, 2.45) is 0 Å². The molecule has 0 spiro atoms. The lowest BCUT2D eigenvalue weighted by atomic mass is 9.83. The normalized spacial score (nSPS) is 16.3. The van der Waals surface area contributed by atoms with Crippen LogP contribution in [0.5, 0.6) is 23.0 Å². The monoisotopic (exact) mass is 506 g/mol. The second-order valence-electron chi connectivity index (χ2n) is 9.01. The third kappa shape index (κ3) is 3.43. The molecule has 37 heavy (non-hydrogen) atoms. The third-order valence-electron chi connectivity index (χ3n) is 6.92. The molecule has 1 heterocycles. The van der Waals surface area contributed by atoms with Gasteiger partial charge in [0.2, 0.25) is 0 Å². The molecule has 3 N–H and O–H groups in total. The molecule has 182 valence electrons. The number of phenolic OH excluding ortho intramolecular Hbond substituents is 3. The number of benzene rings is 5. The highest BCUT2D eigenvalue weighted by Crippen LogP contribution is 2.71. The molecule has 6 heteroatoms. The molecule has 5 aromatic carbocycles. The lowest BCUT2D eigenvalue weighted by Crippen LogP contribution is -2.37. The summed E-state index contributed by atoms with van der Waals surface area (Å²) in [5.41, 5.74) is 3.53. The van der Waals surface area contributed by atoms with E-state index in [1.54, 1.807) is 72.8 Å². The van der Waals surface area contributed by atoms with Crippen molar-refractivity contribution in [1.82, 2.24) is 0 Å². The summed E-state index contributed by atoms with van der Waals surface area (Å²) in [4.78, 5) is 0. The zero-order chi connectivity index (χ0) is 25.6. The van der Waals surface area contributed by atoms with Crippen LogP contribution in [0.1, 0.15) is 16.7 Å². The van der Waals surface area contributed by atoms with E-state index in [9.17, 15) is 15.3 Å². The van der Waals surface area contributed by atoms with Gasteiger partial charge >= 0.3 is 0 Å². The summed E-state index contributed by atoms with van der Waals surface area (Å²) in [6.45, 7) is 0. The highest BCUT2D eigenvalue weighted by Gasteiger charge is 2.57. The minimum Gasteiger partial charge on any atom is -0.508 e. The van der Waals surface area contributed by atoms with E-state index in [4.69, 9.17) is 4.52 Å². The van der Waals surface area contributed by atoms with Crippen molar-refractivity contribution >= 4 is 12.7 Å². The number of phenols is 3. The van der Waals surface area contributed by atoms with Gasteiger partial charge in [-0.15, -0.1) is 0 Å². The molecule has 1 aliphatic heterocycles. The number of rotatable bonds is 4. The van der Waals surface area contributed by atoms with Gasteiger partial charge < -0.3 is 19.8 Å². The molecule has 1 unspecified atom stereocenters. The summed E-state index contributed by atoms with van der Waals surface area (Å²) in [5.74, 6) is 0.721. The molecule has 0 saturated carbocycles. The molecule has 0 radical (unpaired) electrons. The Morgan fingerprint density at radius 1 is 0.514 bits per heavy atom. The predicted molar refractivity (Wildman–Crippen MR) is 144 cm³/mol. The smallest absolute Gasteiger partial charge is 0.296 e. The lowest BCUT2D eigenvalue weighted by molar-refractivity contribution is 0.463. The SMILES string of the molecule is O=P1(C(c2ccc(O)cc2)(c2ccc(O)cc2)c2ccc(O)cc2)Oc2ccccc2-c2ccccc21. The molecular formula is C31H23O5P. The number of hydrogen-bond donors (Lipinski definition) is 3. The second-order valence-corrected chi connectivity index (χ2v) is 11.4. The summed E-state index contributed by atoms with van der Waals surface area (Å²) < 4.78 is 22.5. The Balaban J connectivity index is 1.79. The van der Waals surface area contributed by atoms with Gasteiger partial charge in [-0.25, -0.2) is 0 Å². The van der Waals surface area contributed by atoms with Gasteiger partial charge in [0, 0.05) is 5.56 Å². The average molecular weight is 506 g/mol. The first-order chi connectivity index (χ1) is 17.9. The van der Waals surface area contributed by atoms with Gasteiger partial charge in [-0.05, 0) is 70.8 Å². The Morgan fingerprint density at radius 3 is 1.41 bits per heavy atom. The van der Waals surface area contributed by atoms with Crippen LogP contribution in [0.15, 0.2) is 121 Å². The molecule has 0 fully saturated rings. The third-order valence-corrected chi connectivity index (χ3v) is 10.1. The number of para-hydroxylation sites is 1. The Labute approximate surface area is 214 Å². The van der Waals surface area contributed by atoms with Crippen molar-refractivity contribution < 1.29 is 24.4 Å². The first kappa shape index (κ1) is 23.0. The molecule has 6 rings (SSSR count). The van der Waals surface area contributed by atoms with Crippen LogP contribution in [0.2, 0.25) is 0 Å². The molecule has 0 saturated heterocycles. The molecule has 5 aromatic rings. The van der Waals surface area contributed by atoms with Crippen LogP contribution in [0.25, 0.3) is 11.1 Å². The van der Waals surface area contributed by atoms with Gasteiger partial charge in [0.15, 0.2) is 0 Å². The zero-order valence-electron chi connectivity index (χ0n) is 19.7. The minimum absolute atomic E-state index is 0.0719. The van der Waals surface area contributed by atoms with Crippen molar-refractivity contribution in [2.45, 2.75) is 5.16 Å². The lowest BCUT2D eigenvalue weighted by Gasteiger charge is -2.44. The molecule has 5 nitrogen and oxygen atoms in total. The van der Waals surface area contributed by atoms with Gasteiger partial charge in [-0.2, -0.15) is 0 Å². The quantitative estimate of drug-likeness (QED) is 0.185. The maximum Gasteiger partial charge on any atom is 0.296 e. The summed E-state index contributed by atoms with van der Waals surface area (Å²) >= 11 is 0. The second kappa shape index (κ2) is 8.58. The number of aromatic hydroxyl groups is 3. The Bertz CT molecular complexity index is 1530. The van der Waals surface area contributed by atoms with Crippen LogP contribution in [0, 0.1) is 0 Å². The molecule has 1 aliphatic rings. The molecule has 0 aromatic heterocycles. The van der Waals surface area contributed by atoms with E-state index in [0.29, 0.717) is 27.7 Å². The van der Waals surface area contributed by atoms with E-state index in [0.717, 1.165) is 11.1 Å². The molecule has 0 amide bonds. The first-order valence-electron chi connectivity index (χ1n) is 11.8. The largest absolute Gasteiger partial charge is 0.508 e. The summed E-state index contributed by atoms with van der Waals surface area (Å²) in [7, 11) is -3.93. The summed E-state index contributed by atoms with van der Waals surface area (Å²) in [5, 5.41) is 29.6. The fourth-order valence-electron chi connectivity index (χ4n) is 5.28. The van der Waals surface area contributed by atoms with Crippen molar-refractivity contribution in [2.75, 3.05) is 0 Å². The zero-order valence-corrected chi connectivity index (χ0v) is 20.5. The molecular weight excluding hydrogens is 483 g/mol. The van der Waals surface area contributed by atoms with E-state index < -0.39 is 12.5 Å². The van der Waals surface area contributed by atoms with E-state index in [2.05, 4.69) is 0 Å². The van der Waals surface area contributed by atoms with Crippen molar-refractivity contribution in [3.63, 3.8) is 0 Å². The average Bonchev–Trinajstić information content (AvgIpc) is 2.92. The van der Waals surface area contributed by atoms with E-state index in [-0.39, 0.29) is 17.2 Å². The Kier molecular flexibility index (Phi) is 5.32. The fourth-order valence-corrected chi connectivity index (χ4v) is 8.58. The van der Waals surface area contributed by atoms with Gasteiger partial charge in [-0.3, -0.25) is 4.57 Å². The summed E-state index contributed by atoms with van der Waals surface area (Å²) in [6, 6.07) is 34.8. The molecule has 1 atom stereocenters. The van der Waals surface area contributed by atoms with E-state index in [1.165, 1.54) is 0 Å². The van der Waals surface area contributed by atoms with Crippen LogP contribution >= 0.6 is 7.37 Å². The predicted octanol–water partition coefficient (Wildman–Crippen LogP) is 6.76. The van der Waals surface area contributed by atoms with Crippen molar-refractivity contribution in [3.05, 3.63) is 138 Å². The van der Waals surface area contributed by atoms with Gasteiger partial charge in [0.25, 0.3) is 7.37 Å².